The van der Waals surface area contributed by atoms with Crippen LogP contribution in [-0.2, 0) is 0 Å². The summed E-state index contributed by atoms with van der Waals surface area (Å²) < 4.78 is 0. The van der Waals surface area contributed by atoms with E-state index in [1.807, 2.05) is 0 Å². The fourth-order valence-corrected chi connectivity index (χ4v) is 2.38. The quantitative estimate of drug-likeness (QED) is 0.631. The van der Waals surface area contributed by atoms with Crippen molar-refractivity contribution < 1.29 is 14.5 Å². The number of nitro groups is 1. The SMILES string of the molecule is O=C(Nc1ccc(C(=O)NC2CC2)cc1)c1ccc(Cl)c([N+](=O)[O-])c1. The third-order valence-corrected chi connectivity index (χ3v) is 4.04. The van der Waals surface area contributed by atoms with Gasteiger partial charge < -0.3 is 10.6 Å². The summed E-state index contributed by atoms with van der Waals surface area (Å²) in [6, 6.07) is 10.5. The first-order chi connectivity index (χ1) is 11.9. The van der Waals surface area contributed by atoms with Crippen molar-refractivity contribution in [1.82, 2.24) is 5.32 Å². The molecule has 0 saturated heterocycles. The van der Waals surface area contributed by atoms with Gasteiger partial charge in [0.15, 0.2) is 0 Å². The van der Waals surface area contributed by atoms with Crippen LogP contribution in [0.3, 0.4) is 0 Å². The van der Waals surface area contributed by atoms with Crippen LogP contribution in [-0.4, -0.2) is 22.8 Å². The van der Waals surface area contributed by atoms with Crippen LogP contribution >= 0.6 is 11.6 Å². The predicted molar refractivity (Wildman–Crippen MR) is 93.0 cm³/mol. The van der Waals surface area contributed by atoms with E-state index in [4.69, 9.17) is 11.6 Å². The lowest BCUT2D eigenvalue weighted by Gasteiger charge is -2.07. The number of hydrogen-bond acceptors (Lipinski definition) is 4. The van der Waals surface area contributed by atoms with Gasteiger partial charge in [0.2, 0.25) is 0 Å². The highest BCUT2D eigenvalue weighted by atomic mass is 35.5. The van der Waals surface area contributed by atoms with Crippen molar-refractivity contribution in [2.24, 2.45) is 0 Å². The number of nitrogens with zero attached hydrogens (tertiary/aromatic N) is 1. The molecule has 128 valence electrons. The molecule has 0 aliphatic heterocycles. The summed E-state index contributed by atoms with van der Waals surface area (Å²) in [5, 5.41) is 16.4. The Morgan fingerprint density at radius 3 is 2.28 bits per heavy atom. The van der Waals surface area contributed by atoms with Gasteiger partial charge in [-0.3, -0.25) is 19.7 Å². The molecule has 0 heterocycles. The van der Waals surface area contributed by atoms with E-state index in [0.717, 1.165) is 18.9 Å². The van der Waals surface area contributed by atoms with Gasteiger partial charge in [0.1, 0.15) is 5.02 Å². The predicted octanol–water partition coefficient (Wildman–Crippen LogP) is 3.39. The molecule has 0 atom stereocenters. The molecule has 1 saturated carbocycles. The first-order valence-corrected chi connectivity index (χ1v) is 7.98. The first kappa shape index (κ1) is 16.9. The van der Waals surface area contributed by atoms with Crippen LogP contribution in [0.2, 0.25) is 5.02 Å². The Bertz CT molecular complexity index is 847. The molecule has 0 radical (unpaired) electrons. The van der Waals surface area contributed by atoms with E-state index >= 15 is 0 Å². The molecule has 2 aromatic rings. The molecular formula is C17H14ClN3O4. The maximum atomic E-state index is 12.2. The van der Waals surface area contributed by atoms with Crippen LogP contribution in [0.25, 0.3) is 0 Å². The van der Waals surface area contributed by atoms with E-state index < -0.39 is 10.8 Å². The fraction of sp³-hybridized carbons (Fsp3) is 0.176. The van der Waals surface area contributed by atoms with Crippen molar-refractivity contribution >= 4 is 34.8 Å². The van der Waals surface area contributed by atoms with Crippen LogP contribution in [0.4, 0.5) is 11.4 Å². The highest BCUT2D eigenvalue weighted by molar-refractivity contribution is 6.32. The topological polar surface area (TPSA) is 101 Å². The number of nitro benzene ring substituents is 1. The molecule has 2 aromatic carbocycles. The smallest absolute Gasteiger partial charge is 0.288 e. The lowest BCUT2D eigenvalue weighted by atomic mass is 10.1. The van der Waals surface area contributed by atoms with Gasteiger partial charge in [0.25, 0.3) is 17.5 Å². The molecule has 0 unspecified atom stereocenters. The molecule has 1 fully saturated rings. The van der Waals surface area contributed by atoms with Gasteiger partial charge >= 0.3 is 0 Å². The highest BCUT2D eigenvalue weighted by Gasteiger charge is 2.23. The molecule has 1 aliphatic carbocycles. The summed E-state index contributed by atoms with van der Waals surface area (Å²) in [6.45, 7) is 0. The van der Waals surface area contributed by atoms with Gasteiger partial charge in [-0.1, -0.05) is 11.6 Å². The summed E-state index contributed by atoms with van der Waals surface area (Å²) in [4.78, 5) is 34.4. The zero-order valence-electron chi connectivity index (χ0n) is 13.0. The molecular weight excluding hydrogens is 346 g/mol. The van der Waals surface area contributed by atoms with Crippen LogP contribution in [0, 0.1) is 10.1 Å². The summed E-state index contributed by atoms with van der Waals surface area (Å²) in [5.41, 5.74) is 0.769. The number of carbonyl (C=O) groups excluding carboxylic acids is 2. The van der Waals surface area contributed by atoms with E-state index in [1.165, 1.54) is 12.1 Å². The van der Waals surface area contributed by atoms with Gasteiger partial charge in [-0.15, -0.1) is 0 Å². The van der Waals surface area contributed by atoms with E-state index in [1.54, 1.807) is 24.3 Å². The van der Waals surface area contributed by atoms with E-state index in [0.29, 0.717) is 11.3 Å². The Labute approximate surface area is 148 Å². The van der Waals surface area contributed by atoms with Crippen molar-refractivity contribution in [3.63, 3.8) is 0 Å². The Kier molecular flexibility index (Phi) is 4.67. The van der Waals surface area contributed by atoms with Crippen LogP contribution in [0.15, 0.2) is 42.5 Å². The molecule has 0 spiro atoms. The van der Waals surface area contributed by atoms with E-state index in [-0.39, 0.29) is 28.2 Å². The number of nitrogens with one attached hydrogen (secondary N) is 2. The Morgan fingerprint density at radius 1 is 1.04 bits per heavy atom. The average Bonchev–Trinajstić information content (AvgIpc) is 3.39. The van der Waals surface area contributed by atoms with Gasteiger partial charge in [-0.25, -0.2) is 0 Å². The van der Waals surface area contributed by atoms with Gasteiger partial charge in [0.05, 0.1) is 4.92 Å². The van der Waals surface area contributed by atoms with E-state index in [9.17, 15) is 19.7 Å². The number of amides is 2. The number of halogens is 1. The molecule has 8 heteroatoms. The Balaban J connectivity index is 1.69. The van der Waals surface area contributed by atoms with E-state index in [2.05, 4.69) is 10.6 Å². The van der Waals surface area contributed by atoms with Gasteiger partial charge in [-0.05, 0) is 49.2 Å². The summed E-state index contributed by atoms with van der Waals surface area (Å²) in [6.07, 6.45) is 2.01. The van der Waals surface area contributed by atoms with Crippen molar-refractivity contribution in [3.05, 3.63) is 68.7 Å². The normalized spacial score (nSPS) is 13.2. The zero-order chi connectivity index (χ0) is 18.0. The summed E-state index contributed by atoms with van der Waals surface area (Å²) in [5.74, 6) is -0.649. The monoisotopic (exact) mass is 359 g/mol. The zero-order valence-corrected chi connectivity index (χ0v) is 13.7. The largest absolute Gasteiger partial charge is 0.349 e. The third kappa shape index (κ3) is 4.13. The molecule has 2 N–H and O–H groups in total. The minimum atomic E-state index is -0.646. The number of hydrogen-bond donors (Lipinski definition) is 2. The minimum absolute atomic E-state index is 0.0346. The lowest BCUT2D eigenvalue weighted by molar-refractivity contribution is -0.384. The molecule has 25 heavy (non-hydrogen) atoms. The molecule has 0 bridgehead atoms. The molecule has 0 aromatic heterocycles. The third-order valence-electron chi connectivity index (χ3n) is 3.72. The molecule has 3 rings (SSSR count). The number of carbonyl (C=O) groups is 2. The average molecular weight is 360 g/mol. The highest BCUT2D eigenvalue weighted by Crippen LogP contribution is 2.25. The van der Waals surface area contributed by atoms with Crippen molar-refractivity contribution in [2.45, 2.75) is 18.9 Å². The second kappa shape index (κ2) is 6.90. The van der Waals surface area contributed by atoms with Crippen molar-refractivity contribution in [1.29, 1.82) is 0 Å². The van der Waals surface area contributed by atoms with Gasteiger partial charge in [-0.2, -0.15) is 0 Å². The minimum Gasteiger partial charge on any atom is -0.349 e. The maximum Gasteiger partial charge on any atom is 0.288 e. The standard InChI is InChI=1S/C17H14ClN3O4/c18-14-8-3-11(9-15(14)21(24)25)17(23)20-12-4-1-10(2-5-12)16(22)19-13-6-7-13/h1-5,8-9,13H,6-7H2,(H,19,22)(H,20,23). The summed E-state index contributed by atoms with van der Waals surface area (Å²) in [7, 11) is 0. The maximum absolute atomic E-state index is 12.2. The number of benzene rings is 2. The molecule has 7 nitrogen and oxygen atoms in total. The lowest BCUT2D eigenvalue weighted by Crippen LogP contribution is -2.25. The first-order valence-electron chi connectivity index (χ1n) is 7.60. The van der Waals surface area contributed by atoms with Crippen molar-refractivity contribution in [2.75, 3.05) is 5.32 Å². The molecule has 1 aliphatic rings. The summed E-state index contributed by atoms with van der Waals surface area (Å²) >= 11 is 5.73. The van der Waals surface area contributed by atoms with Crippen molar-refractivity contribution in [3.8, 4) is 0 Å². The Morgan fingerprint density at radius 2 is 1.68 bits per heavy atom. The fourth-order valence-electron chi connectivity index (χ4n) is 2.20. The van der Waals surface area contributed by atoms with Crippen LogP contribution in [0.5, 0.6) is 0 Å². The number of anilines is 1. The second-order valence-corrected chi connectivity index (χ2v) is 6.11. The van der Waals surface area contributed by atoms with Crippen LogP contribution in [0.1, 0.15) is 33.6 Å². The van der Waals surface area contributed by atoms with Gasteiger partial charge in [0, 0.05) is 28.9 Å². The second-order valence-electron chi connectivity index (χ2n) is 5.70. The molecule has 2 amide bonds. The van der Waals surface area contributed by atoms with Crippen LogP contribution < -0.4 is 10.6 Å². The Hall–Kier alpha value is -2.93. The number of rotatable bonds is 5.